The summed E-state index contributed by atoms with van der Waals surface area (Å²) in [6.45, 7) is 6.43. The maximum absolute atomic E-state index is 5.94. The van der Waals surface area contributed by atoms with Gasteiger partial charge >= 0.3 is 0 Å². The van der Waals surface area contributed by atoms with Crippen LogP contribution in [0.1, 0.15) is 13.8 Å². The van der Waals surface area contributed by atoms with Crippen LogP contribution in [0.3, 0.4) is 0 Å². The summed E-state index contributed by atoms with van der Waals surface area (Å²) >= 11 is 0. The van der Waals surface area contributed by atoms with Crippen molar-refractivity contribution in [2.24, 2.45) is 0 Å². The van der Waals surface area contributed by atoms with Gasteiger partial charge in [-0.25, -0.2) is 0 Å². The molecule has 0 aromatic heterocycles. The zero-order valence-corrected chi connectivity index (χ0v) is 14.4. The number of halogens is 3. The maximum atomic E-state index is 5.94. The van der Waals surface area contributed by atoms with E-state index in [1.807, 2.05) is 12.1 Å². The zero-order valence-electron chi connectivity index (χ0n) is 12.0. The van der Waals surface area contributed by atoms with Gasteiger partial charge in [0.2, 0.25) is 0 Å². The Bertz CT molecular complexity index is 396. The van der Waals surface area contributed by atoms with E-state index in [0.717, 1.165) is 18.8 Å². The van der Waals surface area contributed by atoms with Crippen LogP contribution in [-0.4, -0.2) is 32.3 Å². The van der Waals surface area contributed by atoms with E-state index in [0.29, 0.717) is 17.8 Å². The van der Waals surface area contributed by atoms with Crippen molar-refractivity contribution in [3.63, 3.8) is 0 Å². The standard InChI is InChI=1S/C13H21N3O.3ClH/c1-9-7-16(8-10(2)15-9)11-4-5-13(17-3)12(14)6-11;;;/h4-6,9-10,15H,7-8,14H2,1-3H3;3*1H. The van der Waals surface area contributed by atoms with Gasteiger partial charge in [0.1, 0.15) is 5.75 Å². The fraction of sp³-hybridized carbons (Fsp3) is 0.538. The highest BCUT2D eigenvalue weighted by Crippen LogP contribution is 2.27. The van der Waals surface area contributed by atoms with Crippen molar-refractivity contribution in [1.29, 1.82) is 0 Å². The molecular formula is C13H24Cl3N3O. The SMILES string of the molecule is COc1ccc(N2CC(C)NC(C)C2)cc1N.Cl.Cl.Cl. The first-order chi connectivity index (χ1) is 8.10. The van der Waals surface area contributed by atoms with Gasteiger partial charge in [-0.1, -0.05) is 0 Å². The summed E-state index contributed by atoms with van der Waals surface area (Å²) in [6.07, 6.45) is 0. The lowest BCUT2D eigenvalue weighted by atomic mass is 10.1. The number of nitrogen functional groups attached to an aromatic ring is 1. The maximum Gasteiger partial charge on any atom is 0.141 e. The molecule has 0 bridgehead atoms. The molecule has 2 unspecified atom stereocenters. The molecule has 2 atom stereocenters. The average Bonchev–Trinajstić information content (AvgIpc) is 2.27. The largest absolute Gasteiger partial charge is 0.495 e. The van der Waals surface area contributed by atoms with Gasteiger partial charge in [0.15, 0.2) is 0 Å². The summed E-state index contributed by atoms with van der Waals surface area (Å²) < 4.78 is 5.17. The topological polar surface area (TPSA) is 50.5 Å². The Morgan fingerprint density at radius 1 is 1.15 bits per heavy atom. The first-order valence-electron chi connectivity index (χ1n) is 6.04. The third-order valence-corrected chi connectivity index (χ3v) is 3.14. The van der Waals surface area contributed by atoms with E-state index >= 15 is 0 Å². The molecule has 2 rings (SSSR count). The van der Waals surface area contributed by atoms with Crippen molar-refractivity contribution in [1.82, 2.24) is 5.32 Å². The van der Waals surface area contributed by atoms with Gasteiger partial charge in [-0.3, -0.25) is 0 Å². The number of nitrogens with two attached hydrogens (primary N) is 1. The minimum Gasteiger partial charge on any atom is -0.495 e. The Balaban J connectivity index is 0. The molecule has 0 radical (unpaired) electrons. The second-order valence-corrected chi connectivity index (χ2v) is 4.80. The fourth-order valence-corrected chi connectivity index (χ4v) is 2.46. The van der Waals surface area contributed by atoms with Crippen LogP contribution in [0.25, 0.3) is 0 Å². The Morgan fingerprint density at radius 3 is 2.15 bits per heavy atom. The van der Waals surface area contributed by atoms with E-state index in [1.54, 1.807) is 7.11 Å². The van der Waals surface area contributed by atoms with Crippen molar-refractivity contribution >= 4 is 48.6 Å². The number of hydrogen-bond donors (Lipinski definition) is 2. The number of ether oxygens (including phenoxy) is 1. The Hall–Kier alpha value is -0.550. The number of hydrogen-bond acceptors (Lipinski definition) is 4. The number of anilines is 2. The van der Waals surface area contributed by atoms with Crippen LogP contribution in [0, 0.1) is 0 Å². The molecule has 3 N–H and O–H groups in total. The molecule has 1 aliphatic heterocycles. The highest BCUT2D eigenvalue weighted by Gasteiger charge is 2.21. The molecule has 1 aromatic rings. The lowest BCUT2D eigenvalue weighted by Gasteiger charge is -2.37. The van der Waals surface area contributed by atoms with E-state index in [2.05, 4.69) is 30.1 Å². The molecule has 20 heavy (non-hydrogen) atoms. The molecule has 1 fully saturated rings. The number of nitrogens with one attached hydrogen (secondary N) is 1. The third-order valence-electron chi connectivity index (χ3n) is 3.14. The number of rotatable bonds is 2. The van der Waals surface area contributed by atoms with Crippen LogP contribution in [-0.2, 0) is 0 Å². The molecule has 1 heterocycles. The van der Waals surface area contributed by atoms with Gasteiger partial charge in [0.25, 0.3) is 0 Å². The summed E-state index contributed by atoms with van der Waals surface area (Å²) in [4.78, 5) is 2.36. The highest BCUT2D eigenvalue weighted by atomic mass is 35.5. The van der Waals surface area contributed by atoms with Crippen molar-refractivity contribution in [2.45, 2.75) is 25.9 Å². The summed E-state index contributed by atoms with van der Waals surface area (Å²) in [5, 5.41) is 3.52. The van der Waals surface area contributed by atoms with E-state index in [4.69, 9.17) is 10.5 Å². The van der Waals surface area contributed by atoms with Crippen LogP contribution in [0.2, 0.25) is 0 Å². The quantitative estimate of drug-likeness (QED) is 0.810. The van der Waals surface area contributed by atoms with Crippen LogP contribution >= 0.6 is 37.2 Å². The molecule has 0 spiro atoms. The van der Waals surface area contributed by atoms with E-state index in [-0.39, 0.29) is 37.2 Å². The number of benzene rings is 1. The molecule has 0 saturated carbocycles. The number of nitrogens with zero attached hydrogens (tertiary/aromatic N) is 1. The van der Waals surface area contributed by atoms with Gasteiger partial charge in [-0.15, -0.1) is 37.2 Å². The van der Waals surface area contributed by atoms with Crippen LogP contribution in [0.4, 0.5) is 11.4 Å². The molecule has 1 saturated heterocycles. The third kappa shape index (κ3) is 5.09. The van der Waals surface area contributed by atoms with E-state index in [1.165, 1.54) is 5.69 Å². The number of methoxy groups -OCH3 is 1. The van der Waals surface area contributed by atoms with Crippen molar-refractivity contribution < 1.29 is 4.74 Å². The minimum absolute atomic E-state index is 0. The normalized spacial score (nSPS) is 21.1. The average molecular weight is 345 g/mol. The number of piperazine rings is 1. The minimum atomic E-state index is 0. The Kier molecular flexibility index (Phi) is 10.2. The highest BCUT2D eigenvalue weighted by molar-refractivity contribution is 5.86. The van der Waals surface area contributed by atoms with Crippen LogP contribution < -0.4 is 20.7 Å². The molecule has 7 heteroatoms. The molecule has 4 nitrogen and oxygen atoms in total. The molecule has 0 amide bonds. The molecule has 118 valence electrons. The van der Waals surface area contributed by atoms with E-state index < -0.39 is 0 Å². The van der Waals surface area contributed by atoms with Crippen LogP contribution in [0.15, 0.2) is 18.2 Å². The molecular weight excluding hydrogens is 321 g/mol. The lowest BCUT2D eigenvalue weighted by molar-refractivity contribution is 0.406. The summed E-state index contributed by atoms with van der Waals surface area (Å²) in [6, 6.07) is 7.00. The fourth-order valence-electron chi connectivity index (χ4n) is 2.46. The second-order valence-electron chi connectivity index (χ2n) is 4.80. The lowest BCUT2D eigenvalue weighted by Crippen LogP contribution is -2.54. The van der Waals surface area contributed by atoms with Crippen molar-refractivity contribution in [3.8, 4) is 5.75 Å². The summed E-state index contributed by atoms with van der Waals surface area (Å²) in [5.41, 5.74) is 7.81. The Morgan fingerprint density at radius 2 is 1.70 bits per heavy atom. The monoisotopic (exact) mass is 343 g/mol. The zero-order chi connectivity index (χ0) is 12.4. The van der Waals surface area contributed by atoms with E-state index in [9.17, 15) is 0 Å². The first-order valence-corrected chi connectivity index (χ1v) is 6.04. The predicted octanol–water partition coefficient (Wildman–Crippen LogP) is 2.73. The van der Waals surface area contributed by atoms with Gasteiger partial charge in [-0.2, -0.15) is 0 Å². The molecule has 0 aliphatic carbocycles. The second kappa shape index (κ2) is 9.40. The van der Waals surface area contributed by atoms with Gasteiger partial charge < -0.3 is 20.7 Å². The first kappa shape index (κ1) is 21.7. The summed E-state index contributed by atoms with van der Waals surface area (Å²) in [7, 11) is 1.64. The van der Waals surface area contributed by atoms with Crippen molar-refractivity contribution in [3.05, 3.63) is 18.2 Å². The summed E-state index contributed by atoms with van der Waals surface area (Å²) in [5.74, 6) is 0.741. The van der Waals surface area contributed by atoms with Gasteiger partial charge in [-0.05, 0) is 32.0 Å². The van der Waals surface area contributed by atoms with Gasteiger partial charge in [0, 0.05) is 30.9 Å². The van der Waals surface area contributed by atoms with Gasteiger partial charge in [0.05, 0.1) is 12.8 Å². The van der Waals surface area contributed by atoms with Crippen LogP contribution in [0.5, 0.6) is 5.75 Å². The molecule has 1 aliphatic rings. The smallest absolute Gasteiger partial charge is 0.141 e. The van der Waals surface area contributed by atoms with Crippen molar-refractivity contribution in [2.75, 3.05) is 30.8 Å². The predicted molar refractivity (Wildman–Crippen MR) is 93.4 cm³/mol. The Labute approximate surface area is 139 Å². The molecule has 1 aromatic carbocycles.